The van der Waals surface area contributed by atoms with Crippen LogP contribution in [0.15, 0.2) is 140 Å². The topological polar surface area (TPSA) is 496 Å². The number of hydrogen-bond donors (Lipinski definition) is 4. The van der Waals surface area contributed by atoms with Gasteiger partial charge >= 0.3 is 70.1 Å². The van der Waals surface area contributed by atoms with E-state index >= 15 is 0 Å². The molecule has 0 bridgehead atoms. The molecule has 5 N–H and O–H groups in total. The Labute approximate surface area is 891 Å². The van der Waals surface area contributed by atoms with Crippen LogP contribution in [0.2, 0.25) is 5.15 Å². The number of aromatic carboxylic acids is 1. The number of nitrogens with two attached hydrogens (primary N) is 1. The number of nitrogens with zero attached hydrogens (tertiary/aromatic N) is 23. The fourth-order valence-electron chi connectivity index (χ4n) is 16.1. The molecule has 14 aromatic rings. The standard InChI is InChI=1S/C20H27N5O3.C17H25N3O2.C16H24N6O.C16H26N4O.C16H25N3O2.C12H16ClN3O.C5H9O2.C4H3NO3.BrH.Zn/c1-13(8-10-21-18(26)15-9-11-28-23-15)14-6-7-16-17(22-14)24(5)19(27)25(16)12-20(2,3)4;1-11(9-12(2)21)13-7-8-14-15(18-13)19(6)16(22)20(14)10-17(3,4)5;1-11(8-9-18-20-17)12-6-7-13-14(19-12)21(5)15(23)22(13)10-16(2,3)4;1-11(8-9-17)12-6-7-13-14(18-12)19(5)15(21)20(13)10-16(2,3)4;1-11(8-9-20)12-6-7-13-14(17-12)18(5)15(21)19(13)10-16(2,3)4;1-12(2,3)7-16-8-5-6-9(13)14-10(8)15(4)11(16)17;1-3-4-5(6)7-2;6-4(7)3-1-2-8-5-3;;/h6-7,9,11,13H,8,10,12H2,1-5H3,(H,21,26);7-8,11H,9-10H2,1-6H3;6-7,11H,8-10H2,1-5H3;6-7,11H,8-10,17H2,1-5H3;6-7,11,20H,8-10H2,1-5H3;5-6H,7H2,1-4H3;3H,4H2,1-2H3;1-2H,(H,6,7);1H;/q;;;;;;-1;;;+2/p-1/t13-;4*11-;;;;;/m00000...../s1. The Morgan fingerprint density at radius 1 is 0.456 bits per heavy atom. The van der Waals surface area contributed by atoms with Gasteiger partial charge in [0.15, 0.2) is 45.3 Å². The van der Waals surface area contributed by atoms with Gasteiger partial charge in [-0.2, -0.15) is 6.92 Å². The van der Waals surface area contributed by atoms with Crippen LogP contribution in [0.1, 0.15) is 291 Å². The number of aromatic nitrogens is 20. The van der Waals surface area contributed by atoms with Gasteiger partial charge in [-0.3, -0.25) is 64.4 Å². The second-order valence-corrected chi connectivity index (χ2v) is 45.2. The third kappa shape index (κ3) is 35.9. The summed E-state index contributed by atoms with van der Waals surface area (Å²) in [6, 6.07) is 26.0. The van der Waals surface area contributed by atoms with Crippen LogP contribution in [0.4, 0.5) is 0 Å². The van der Waals surface area contributed by atoms with Crippen LogP contribution in [0.3, 0.4) is 0 Å². The number of aliphatic hydroxyl groups excluding tert-OH is 1. The van der Waals surface area contributed by atoms with Gasteiger partial charge in [-0.15, -0.1) is 0 Å². The van der Waals surface area contributed by atoms with Gasteiger partial charge in [0.25, 0.3) is 11.9 Å². The summed E-state index contributed by atoms with van der Waals surface area (Å²) in [4.78, 5) is 148. The summed E-state index contributed by atoms with van der Waals surface area (Å²) in [6.45, 7) is 57.3. The molecular formula is C106H155BrClN25O15Zn. The SMILES string of the molecule is CC(=O)C[C@H](C)c1ccc2c(n1)n(C)c(=O)n2CC(C)(C)C.C[C@@H](CCN)c1ccc2c(n1)n(C)c(=O)n2CC(C)(C)C.C[C@@H](CCN=[N+]=[N-])c1ccc2c(n1)n(C)c(=O)n2CC(C)(C)C.C[C@@H](CCNC(=O)c1ccon1)c1ccc2c(n1)n(C)c(=O)n2CC(C)(C)C.C[C@@H](CCO)c1ccc2c(n1)n(C)c(=O)n2CC(C)(C)C.C[CH-]CC(=O)OC.Cn1c(=O)n(CC(C)(C)C)c2ccc(Cl)nc21.O=C(O)c1ccon1.[Zn+][Br]. The number of ether oxygens (including phenoxy) is 1. The molecule has 810 valence electrons. The third-order valence-corrected chi connectivity index (χ3v) is 23.8. The van der Waals surface area contributed by atoms with Crippen molar-refractivity contribution in [3.63, 3.8) is 0 Å². The van der Waals surface area contributed by atoms with E-state index in [1.54, 1.807) is 107 Å². The number of carbonyl (C=O) groups excluding carboxylic acids is 3. The van der Waals surface area contributed by atoms with Gasteiger partial charge in [0, 0.05) is 171 Å². The number of azide groups is 1. The predicted molar refractivity (Wildman–Crippen MR) is 585 cm³/mol. The van der Waals surface area contributed by atoms with Crippen molar-refractivity contribution in [2.24, 2.45) is 85.6 Å². The van der Waals surface area contributed by atoms with E-state index in [0.717, 1.165) is 86.5 Å². The molecule has 0 radical (unpaired) electrons. The summed E-state index contributed by atoms with van der Waals surface area (Å²) in [5.74, 6) is -0.515. The first kappa shape index (κ1) is 125. The molecule has 14 heterocycles. The molecule has 149 heavy (non-hydrogen) atoms. The van der Waals surface area contributed by atoms with E-state index in [1.165, 1.54) is 52.7 Å². The first-order chi connectivity index (χ1) is 69.4. The van der Waals surface area contributed by atoms with Crippen LogP contribution >= 0.6 is 25.2 Å². The summed E-state index contributed by atoms with van der Waals surface area (Å²) in [5.41, 5.74) is 28.0. The van der Waals surface area contributed by atoms with Crippen LogP contribution < -0.4 is 45.2 Å². The summed E-state index contributed by atoms with van der Waals surface area (Å²) < 4.78 is 33.5. The zero-order valence-electron chi connectivity index (χ0n) is 93.0. The van der Waals surface area contributed by atoms with E-state index in [-0.39, 0.29) is 126 Å². The van der Waals surface area contributed by atoms with Crippen molar-refractivity contribution in [1.82, 2.24) is 100 Å². The quantitative estimate of drug-likeness (QED) is 0.00706. The van der Waals surface area contributed by atoms with E-state index in [2.05, 4.69) is 211 Å². The number of fused-ring (bicyclic) bond motifs is 6. The molecule has 40 nitrogen and oxygen atoms in total. The average Bonchev–Trinajstić information content (AvgIpc) is 1.24. The van der Waals surface area contributed by atoms with Gasteiger partial charge in [-0.25, -0.2) is 63.5 Å². The van der Waals surface area contributed by atoms with Crippen molar-refractivity contribution >= 4 is 116 Å². The molecule has 0 saturated carbocycles. The van der Waals surface area contributed by atoms with Crippen LogP contribution in [0, 0.1) is 38.9 Å². The van der Waals surface area contributed by atoms with Crippen LogP contribution in [-0.4, -0.2) is 162 Å². The number of halogens is 2. The predicted octanol–water partition coefficient (Wildman–Crippen LogP) is 18.1. The van der Waals surface area contributed by atoms with E-state index in [4.69, 9.17) is 43.0 Å². The molecule has 0 aliphatic carbocycles. The summed E-state index contributed by atoms with van der Waals surface area (Å²) in [6.07, 6.45) is 8.25. The fourth-order valence-corrected chi connectivity index (χ4v) is 16.2. The number of imidazole rings is 6. The number of Topliss-reactive ketones (excluding diaryl/α,β-unsaturated/α-hetero) is 1. The fraction of sp³-hybridized carbons (Fsp3) is 0.557. The zero-order valence-corrected chi connectivity index (χ0v) is 98.4. The number of aliphatic hydroxyl groups is 1. The average molecular weight is 2200 g/mol. The number of aryl methyl sites for hydroxylation is 6. The number of rotatable bonds is 27. The first-order valence-electron chi connectivity index (χ1n) is 49.7. The number of amides is 1. The number of carboxylic acids is 1. The van der Waals surface area contributed by atoms with Crippen LogP contribution in [0.5, 0.6) is 0 Å². The zero-order chi connectivity index (χ0) is 112. The molecule has 43 heteroatoms. The Balaban J connectivity index is 0.000000265. The number of esters is 1. The number of hydrogen-bond acceptors (Lipinski definition) is 24. The van der Waals surface area contributed by atoms with Gasteiger partial charge in [0.1, 0.15) is 23.5 Å². The van der Waals surface area contributed by atoms with Crippen molar-refractivity contribution in [3.8, 4) is 0 Å². The normalized spacial score (nSPS) is 12.7. The van der Waals surface area contributed by atoms with Crippen molar-refractivity contribution in [3.05, 3.63) is 222 Å². The Kier molecular flexibility index (Phi) is 46.2. The van der Waals surface area contributed by atoms with Gasteiger partial charge in [-0.05, 0) is 162 Å². The van der Waals surface area contributed by atoms with Crippen molar-refractivity contribution in [2.75, 3.05) is 33.4 Å². The van der Waals surface area contributed by atoms with Crippen molar-refractivity contribution < 1.29 is 59.5 Å². The third-order valence-electron chi connectivity index (χ3n) is 23.5. The molecule has 0 unspecified atom stereocenters. The summed E-state index contributed by atoms with van der Waals surface area (Å²) in [7, 11) is 11.9. The van der Waals surface area contributed by atoms with E-state index in [0.29, 0.717) is 117 Å². The Morgan fingerprint density at radius 3 is 0.973 bits per heavy atom. The molecule has 14 aromatic heterocycles. The molecule has 5 atom stereocenters. The number of methoxy groups -OCH3 is 1. The molecule has 0 aliphatic rings. The maximum atomic E-state index is 12.6. The van der Waals surface area contributed by atoms with Crippen molar-refractivity contribution in [1.29, 1.82) is 0 Å². The Bertz CT molecular complexity index is 7160. The molecule has 0 aliphatic heterocycles. The molecule has 0 fully saturated rings. The first-order valence-corrected chi connectivity index (χ1v) is 57.0. The molecule has 14 rings (SSSR count). The molecular weight excluding hydrogens is 2040 g/mol. The van der Waals surface area contributed by atoms with Gasteiger partial charge < -0.3 is 46.3 Å². The van der Waals surface area contributed by atoms with E-state index in [1.807, 2.05) is 99.0 Å². The second kappa shape index (κ2) is 54.9. The molecule has 0 saturated heterocycles. The van der Waals surface area contributed by atoms with E-state index < -0.39 is 5.97 Å². The monoisotopic (exact) mass is 2200 g/mol. The molecule has 1 amide bonds. The summed E-state index contributed by atoms with van der Waals surface area (Å²) >= 11 is 10.1. The van der Waals surface area contributed by atoms with Gasteiger partial charge in [-0.1, -0.05) is 193 Å². The number of nitrogens with one attached hydrogen (secondary N) is 1. The van der Waals surface area contributed by atoms with Crippen LogP contribution in [-0.2, 0) is 112 Å². The van der Waals surface area contributed by atoms with Crippen LogP contribution in [0.25, 0.3) is 77.4 Å². The number of pyridine rings is 6. The minimum absolute atomic E-state index is 0.00365. The summed E-state index contributed by atoms with van der Waals surface area (Å²) in [5, 5.41) is 30.8. The second-order valence-electron chi connectivity index (χ2n) is 44.9. The number of ketones is 1. The minimum atomic E-state index is -1.07. The maximum absolute atomic E-state index is 12.6. The Hall–Kier alpha value is -12.4. The van der Waals surface area contributed by atoms with Crippen molar-refractivity contribution in [2.45, 2.75) is 280 Å². The molecule has 0 spiro atoms. The molecule has 0 aromatic carbocycles. The Morgan fingerprint density at radius 2 is 0.732 bits per heavy atom. The number of carboxylic acid groups (broad SMARTS) is 1. The van der Waals surface area contributed by atoms with E-state index in [9.17, 15) is 47.9 Å². The van der Waals surface area contributed by atoms with Gasteiger partial charge in [0.2, 0.25) is 0 Å². The number of carbonyl (C=O) groups is 4. The van der Waals surface area contributed by atoms with Gasteiger partial charge in [0.05, 0.1) is 40.2 Å².